The van der Waals surface area contributed by atoms with Gasteiger partial charge in [-0.15, -0.1) is 0 Å². The molecule has 0 N–H and O–H groups in total. The predicted octanol–water partition coefficient (Wildman–Crippen LogP) is 9.08. The van der Waals surface area contributed by atoms with Gasteiger partial charge in [0.25, 0.3) is 0 Å². The van der Waals surface area contributed by atoms with Crippen LogP contribution in [-0.2, 0) is 5.41 Å². The molecule has 6 rings (SSSR count). The third kappa shape index (κ3) is 3.23. The van der Waals surface area contributed by atoms with Crippen molar-refractivity contribution < 1.29 is 0 Å². The van der Waals surface area contributed by atoms with Crippen LogP contribution in [0.4, 0.5) is 0 Å². The van der Waals surface area contributed by atoms with Crippen LogP contribution >= 0.6 is 38.5 Å². The number of halogens is 2. The van der Waals surface area contributed by atoms with Gasteiger partial charge in [-0.25, -0.2) is 0 Å². The van der Waals surface area contributed by atoms with Crippen molar-refractivity contribution in [3.05, 3.63) is 152 Å². The summed E-state index contributed by atoms with van der Waals surface area (Å²) in [5, 5.41) is 0. The van der Waals surface area contributed by atoms with Crippen molar-refractivity contribution in [1.29, 1.82) is 0 Å². The Morgan fingerprint density at radius 2 is 1.09 bits per heavy atom. The Morgan fingerprint density at radius 1 is 0.515 bits per heavy atom. The van der Waals surface area contributed by atoms with Crippen LogP contribution in [0.3, 0.4) is 0 Å². The van der Waals surface area contributed by atoms with Crippen molar-refractivity contribution in [2.24, 2.45) is 0 Å². The lowest BCUT2D eigenvalue weighted by Gasteiger charge is -2.34. The second kappa shape index (κ2) is 8.27. The smallest absolute Gasteiger partial charge is 0.0622 e. The van der Waals surface area contributed by atoms with E-state index in [1.807, 2.05) is 0 Å². The van der Waals surface area contributed by atoms with E-state index in [9.17, 15) is 0 Å². The molecule has 1 aliphatic rings. The van der Waals surface area contributed by atoms with Gasteiger partial charge in [-0.05, 0) is 85.3 Å². The van der Waals surface area contributed by atoms with Crippen molar-refractivity contribution in [1.82, 2.24) is 0 Å². The molecule has 0 aliphatic heterocycles. The minimum atomic E-state index is -0.356. The molecule has 2 heteroatoms. The van der Waals surface area contributed by atoms with E-state index in [0.29, 0.717) is 0 Å². The van der Waals surface area contributed by atoms with Gasteiger partial charge < -0.3 is 0 Å². The van der Waals surface area contributed by atoms with Gasteiger partial charge in [0.1, 0.15) is 0 Å². The second-order valence-corrected chi connectivity index (χ2v) is 10.5. The van der Waals surface area contributed by atoms with E-state index in [1.54, 1.807) is 0 Å². The first-order valence-corrected chi connectivity index (χ1v) is 12.9. The summed E-state index contributed by atoms with van der Waals surface area (Å²) < 4.78 is 2.34. The lowest BCUT2D eigenvalue weighted by molar-refractivity contribution is 0.769. The molecule has 0 unspecified atom stereocenters. The summed E-state index contributed by atoms with van der Waals surface area (Å²) in [5.41, 5.74) is 10.1. The molecule has 0 atom stereocenters. The van der Waals surface area contributed by atoms with Gasteiger partial charge in [0.05, 0.1) is 5.41 Å². The zero-order valence-electron chi connectivity index (χ0n) is 17.8. The molecule has 1 aliphatic carbocycles. The predicted molar refractivity (Wildman–Crippen MR) is 150 cm³/mol. The summed E-state index contributed by atoms with van der Waals surface area (Å²) in [5.74, 6) is 0. The molecule has 0 saturated heterocycles. The van der Waals surface area contributed by atoms with Crippen LogP contribution in [0.1, 0.15) is 22.3 Å². The lowest BCUT2D eigenvalue weighted by Crippen LogP contribution is -2.28. The molecule has 0 amide bonds. The average molecular weight is 599 g/mol. The standard InChI is InChI=1S/C31H20BrI/c32-24-16-18-25(30(33)20-24)21-15-17-27-26-13-7-8-14-28(26)31(29(27)19-21,22-9-3-1-4-10-22)23-11-5-2-6-12-23/h1-20H. The largest absolute Gasteiger partial charge is 0.0713 e. The van der Waals surface area contributed by atoms with E-state index >= 15 is 0 Å². The van der Waals surface area contributed by atoms with Crippen LogP contribution < -0.4 is 0 Å². The highest BCUT2D eigenvalue weighted by Gasteiger charge is 2.45. The number of fused-ring (bicyclic) bond motifs is 3. The number of rotatable bonds is 3. The van der Waals surface area contributed by atoms with Gasteiger partial charge in [0, 0.05) is 8.04 Å². The van der Waals surface area contributed by atoms with Crippen LogP contribution in [0, 0.1) is 3.57 Å². The summed E-state index contributed by atoms with van der Waals surface area (Å²) in [6.45, 7) is 0. The minimum Gasteiger partial charge on any atom is -0.0622 e. The molecule has 0 heterocycles. The maximum absolute atomic E-state index is 3.61. The molecule has 0 spiro atoms. The molecule has 0 nitrogen and oxygen atoms in total. The highest BCUT2D eigenvalue weighted by atomic mass is 127. The SMILES string of the molecule is Brc1ccc(-c2ccc3c(c2)C(c2ccccc2)(c2ccccc2)c2ccccc2-3)c(I)c1. The van der Waals surface area contributed by atoms with Crippen LogP contribution in [0.15, 0.2) is 126 Å². The summed E-state index contributed by atoms with van der Waals surface area (Å²) in [6.07, 6.45) is 0. The monoisotopic (exact) mass is 598 g/mol. The van der Waals surface area contributed by atoms with Crippen LogP contribution in [0.25, 0.3) is 22.3 Å². The highest BCUT2D eigenvalue weighted by Crippen LogP contribution is 2.56. The minimum absolute atomic E-state index is 0.356. The Labute approximate surface area is 216 Å². The second-order valence-electron chi connectivity index (χ2n) is 8.41. The molecular weight excluding hydrogens is 579 g/mol. The Kier molecular flexibility index (Phi) is 5.23. The number of hydrogen-bond acceptors (Lipinski definition) is 0. The van der Waals surface area contributed by atoms with E-state index in [1.165, 1.54) is 48.1 Å². The maximum atomic E-state index is 3.61. The van der Waals surface area contributed by atoms with E-state index in [2.05, 4.69) is 160 Å². The molecule has 5 aromatic carbocycles. The zero-order chi connectivity index (χ0) is 22.4. The maximum Gasteiger partial charge on any atom is 0.0713 e. The van der Waals surface area contributed by atoms with Crippen LogP contribution in [0.5, 0.6) is 0 Å². The first kappa shape index (κ1) is 20.9. The molecule has 33 heavy (non-hydrogen) atoms. The number of hydrogen-bond donors (Lipinski definition) is 0. The molecule has 158 valence electrons. The molecule has 0 saturated carbocycles. The van der Waals surface area contributed by atoms with Gasteiger partial charge >= 0.3 is 0 Å². The molecule has 0 aromatic heterocycles. The first-order valence-electron chi connectivity index (χ1n) is 11.0. The third-order valence-corrected chi connectivity index (χ3v) is 8.09. The topological polar surface area (TPSA) is 0 Å². The number of benzene rings is 5. The fourth-order valence-corrected chi connectivity index (χ4v) is 6.95. The van der Waals surface area contributed by atoms with Crippen molar-refractivity contribution in [3.63, 3.8) is 0 Å². The Balaban J connectivity index is 1.72. The fourth-order valence-electron chi connectivity index (χ4n) is 5.34. The van der Waals surface area contributed by atoms with Gasteiger partial charge in [0.15, 0.2) is 0 Å². The van der Waals surface area contributed by atoms with Crippen LogP contribution in [0.2, 0.25) is 0 Å². The van der Waals surface area contributed by atoms with E-state index in [4.69, 9.17) is 0 Å². The lowest BCUT2D eigenvalue weighted by atomic mass is 9.67. The van der Waals surface area contributed by atoms with E-state index in [0.717, 1.165) is 4.47 Å². The Hall–Kier alpha value is -2.69. The summed E-state index contributed by atoms with van der Waals surface area (Å²) in [7, 11) is 0. The molecular formula is C31H20BrI. The summed E-state index contributed by atoms with van der Waals surface area (Å²) >= 11 is 6.05. The fraction of sp³-hybridized carbons (Fsp3) is 0.0323. The average Bonchev–Trinajstić information content (AvgIpc) is 3.16. The highest BCUT2D eigenvalue weighted by molar-refractivity contribution is 14.1. The summed E-state index contributed by atoms with van der Waals surface area (Å²) in [6, 6.07) is 44.3. The molecule has 0 radical (unpaired) electrons. The van der Waals surface area contributed by atoms with Gasteiger partial charge in [-0.3, -0.25) is 0 Å². The molecule has 0 fully saturated rings. The van der Waals surface area contributed by atoms with Crippen molar-refractivity contribution in [2.45, 2.75) is 5.41 Å². The molecule has 5 aromatic rings. The van der Waals surface area contributed by atoms with Crippen LogP contribution in [-0.4, -0.2) is 0 Å². The van der Waals surface area contributed by atoms with E-state index < -0.39 is 0 Å². The Bertz CT molecular complexity index is 1430. The van der Waals surface area contributed by atoms with Gasteiger partial charge in [-0.1, -0.05) is 119 Å². The Morgan fingerprint density at radius 3 is 1.76 bits per heavy atom. The van der Waals surface area contributed by atoms with Gasteiger partial charge in [0.2, 0.25) is 0 Å². The van der Waals surface area contributed by atoms with Crippen molar-refractivity contribution in [3.8, 4) is 22.3 Å². The quantitative estimate of drug-likeness (QED) is 0.178. The zero-order valence-corrected chi connectivity index (χ0v) is 21.5. The van der Waals surface area contributed by atoms with E-state index in [-0.39, 0.29) is 5.41 Å². The van der Waals surface area contributed by atoms with Crippen molar-refractivity contribution in [2.75, 3.05) is 0 Å². The molecule has 0 bridgehead atoms. The first-order chi connectivity index (χ1) is 16.2. The van der Waals surface area contributed by atoms with Gasteiger partial charge in [-0.2, -0.15) is 0 Å². The third-order valence-electron chi connectivity index (χ3n) is 6.70. The van der Waals surface area contributed by atoms with Crippen molar-refractivity contribution >= 4 is 38.5 Å². The summed E-state index contributed by atoms with van der Waals surface area (Å²) in [4.78, 5) is 0. The normalized spacial score (nSPS) is 13.4.